The zero-order chi connectivity index (χ0) is 15.9. The number of nitriles is 1. The average molecular weight is 327 g/mol. The molecular weight excluding hydrogens is 317 g/mol. The predicted octanol–water partition coefficient (Wildman–Crippen LogP) is 3.82. The smallest absolute Gasteiger partial charge is 0.343 e. The third-order valence-corrected chi connectivity index (χ3v) is 3.88. The van der Waals surface area contributed by atoms with Crippen molar-refractivity contribution < 1.29 is 13.2 Å². The van der Waals surface area contributed by atoms with E-state index in [-0.39, 0.29) is 17.8 Å². The maximum absolute atomic E-state index is 13.7. The Morgan fingerprint density at radius 2 is 2.05 bits per heavy atom. The molecule has 0 amide bonds. The largest absolute Gasteiger partial charge is 0.362 e. The van der Waals surface area contributed by atoms with Gasteiger partial charge in [-0.3, -0.25) is 0 Å². The molecule has 0 saturated heterocycles. The summed E-state index contributed by atoms with van der Waals surface area (Å²) in [6, 6.07) is 5.49. The summed E-state index contributed by atoms with van der Waals surface area (Å²) >= 11 is 5.21. The molecule has 0 bridgehead atoms. The minimum absolute atomic E-state index is 0.0400. The van der Waals surface area contributed by atoms with Gasteiger partial charge in [-0.15, -0.1) is 0 Å². The number of halogens is 4. The van der Waals surface area contributed by atoms with E-state index in [1.165, 1.54) is 30.5 Å². The summed E-state index contributed by atoms with van der Waals surface area (Å²) in [5.41, 5.74) is 0.779. The van der Waals surface area contributed by atoms with E-state index in [2.05, 4.69) is 10.4 Å². The van der Waals surface area contributed by atoms with Crippen LogP contribution in [-0.2, 0) is 0 Å². The van der Waals surface area contributed by atoms with Gasteiger partial charge >= 0.3 is 5.38 Å². The highest BCUT2D eigenvalue weighted by Gasteiger charge is 2.45. The Bertz CT molecular complexity index is 730. The number of nitrogens with zero attached hydrogens (tertiary/aromatic N) is 3. The van der Waals surface area contributed by atoms with Crippen molar-refractivity contribution in [2.45, 2.75) is 23.9 Å². The maximum Gasteiger partial charge on any atom is 0.343 e. The van der Waals surface area contributed by atoms with Crippen LogP contribution in [0.15, 0.2) is 30.5 Å². The van der Waals surface area contributed by atoms with Crippen LogP contribution in [0.2, 0.25) is 0 Å². The normalized spacial score (nSPS) is 20.9. The summed E-state index contributed by atoms with van der Waals surface area (Å²) in [6.45, 7) is 0. The van der Waals surface area contributed by atoms with E-state index in [1.807, 2.05) is 6.07 Å². The highest BCUT2D eigenvalue weighted by atomic mass is 35.5. The molecular formula is C14H10ClF3N4. The van der Waals surface area contributed by atoms with Crippen LogP contribution in [-0.4, -0.2) is 15.2 Å². The summed E-state index contributed by atoms with van der Waals surface area (Å²) < 4.78 is 41.4. The van der Waals surface area contributed by atoms with Gasteiger partial charge < -0.3 is 5.32 Å². The summed E-state index contributed by atoms with van der Waals surface area (Å²) in [5.74, 6) is -0.227. The van der Waals surface area contributed by atoms with Crippen molar-refractivity contribution in [2.75, 3.05) is 5.32 Å². The van der Waals surface area contributed by atoms with Crippen molar-refractivity contribution >= 4 is 17.4 Å². The standard InChI is InChI=1S/C14H10ClF3N4/c15-14(17,18)12-5-11(8-1-3-10(16)4-2-8)21-13-9(6-19)7-20-22(12)13/h1-4,7,11-12,21H,5H2. The van der Waals surface area contributed by atoms with Gasteiger partial charge in [-0.25, -0.2) is 9.07 Å². The summed E-state index contributed by atoms with van der Waals surface area (Å²) in [7, 11) is 0. The third kappa shape index (κ3) is 2.50. The molecule has 2 heterocycles. The van der Waals surface area contributed by atoms with E-state index in [0.717, 1.165) is 4.68 Å². The minimum atomic E-state index is -3.52. The van der Waals surface area contributed by atoms with E-state index in [1.54, 1.807) is 0 Å². The number of rotatable bonds is 2. The average Bonchev–Trinajstić information content (AvgIpc) is 2.88. The Kier molecular flexibility index (Phi) is 3.49. The van der Waals surface area contributed by atoms with E-state index >= 15 is 0 Å². The van der Waals surface area contributed by atoms with E-state index < -0.39 is 23.3 Å². The van der Waals surface area contributed by atoms with Crippen molar-refractivity contribution in [3.8, 4) is 6.07 Å². The fraction of sp³-hybridized carbons (Fsp3) is 0.286. The molecule has 3 rings (SSSR count). The van der Waals surface area contributed by atoms with Crippen LogP contribution in [0.5, 0.6) is 0 Å². The molecule has 0 aliphatic carbocycles. The zero-order valence-electron chi connectivity index (χ0n) is 11.1. The number of benzene rings is 1. The van der Waals surface area contributed by atoms with Gasteiger partial charge in [0, 0.05) is 6.42 Å². The van der Waals surface area contributed by atoms with E-state index in [4.69, 9.17) is 16.9 Å². The lowest BCUT2D eigenvalue weighted by atomic mass is 9.97. The Morgan fingerprint density at radius 3 is 2.64 bits per heavy atom. The van der Waals surface area contributed by atoms with Gasteiger partial charge in [0.2, 0.25) is 0 Å². The van der Waals surface area contributed by atoms with Crippen LogP contribution >= 0.6 is 11.6 Å². The molecule has 1 N–H and O–H groups in total. The number of anilines is 1. The van der Waals surface area contributed by atoms with E-state index in [9.17, 15) is 13.2 Å². The summed E-state index contributed by atoms with van der Waals surface area (Å²) in [5, 5.41) is 12.4. The first-order chi connectivity index (χ1) is 10.4. The second kappa shape index (κ2) is 5.21. The number of hydrogen-bond acceptors (Lipinski definition) is 3. The number of alkyl halides is 3. The number of aromatic nitrogens is 2. The van der Waals surface area contributed by atoms with Crippen molar-refractivity contribution in [3.05, 3.63) is 47.4 Å². The minimum Gasteiger partial charge on any atom is -0.362 e. The van der Waals surface area contributed by atoms with Gasteiger partial charge in [0.1, 0.15) is 29.3 Å². The fourth-order valence-electron chi connectivity index (χ4n) is 2.56. The maximum atomic E-state index is 13.7. The molecule has 1 aromatic carbocycles. The Labute approximate surface area is 129 Å². The molecule has 0 spiro atoms. The highest BCUT2D eigenvalue weighted by molar-refractivity contribution is 6.22. The van der Waals surface area contributed by atoms with Crippen LogP contribution < -0.4 is 5.32 Å². The van der Waals surface area contributed by atoms with Gasteiger partial charge in [0.25, 0.3) is 0 Å². The molecule has 8 heteroatoms. The number of nitrogens with one attached hydrogen (secondary N) is 1. The van der Waals surface area contributed by atoms with Crippen molar-refractivity contribution in [2.24, 2.45) is 0 Å². The molecule has 2 unspecified atom stereocenters. The van der Waals surface area contributed by atoms with Gasteiger partial charge in [0.05, 0.1) is 12.2 Å². The third-order valence-electron chi connectivity index (χ3n) is 3.63. The molecule has 114 valence electrons. The Morgan fingerprint density at radius 1 is 1.36 bits per heavy atom. The molecule has 0 saturated carbocycles. The molecule has 4 nitrogen and oxygen atoms in total. The Hall–Kier alpha value is -2.20. The summed E-state index contributed by atoms with van der Waals surface area (Å²) in [4.78, 5) is 0. The second-order valence-corrected chi connectivity index (χ2v) is 5.51. The monoisotopic (exact) mass is 326 g/mol. The lowest BCUT2D eigenvalue weighted by Gasteiger charge is -2.34. The molecule has 0 fully saturated rings. The van der Waals surface area contributed by atoms with Crippen LogP contribution in [0, 0.1) is 17.1 Å². The van der Waals surface area contributed by atoms with E-state index in [0.29, 0.717) is 5.56 Å². The van der Waals surface area contributed by atoms with Crippen LogP contribution in [0.4, 0.5) is 19.0 Å². The summed E-state index contributed by atoms with van der Waals surface area (Å²) in [6.07, 6.45) is 1.17. The number of fused-ring (bicyclic) bond motifs is 1. The molecule has 1 aromatic heterocycles. The molecule has 2 atom stereocenters. The lowest BCUT2D eigenvalue weighted by molar-refractivity contribution is 0.0205. The van der Waals surface area contributed by atoms with Crippen LogP contribution in [0.3, 0.4) is 0 Å². The van der Waals surface area contributed by atoms with Gasteiger partial charge in [-0.2, -0.15) is 19.1 Å². The van der Waals surface area contributed by atoms with Crippen molar-refractivity contribution in [3.63, 3.8) is 0 Å². The van der Waals surface area contributed by atoms with Crippen LogP contribution in [0.1, 0.15) is 29.6 Å². The zero-order valence-corrected chi connectivity index (χ0v) is 11.9. The lowest BCUT2D eigenvalue weighted by Crippen LogP contribution is -2.35. The first-order valence-corrected chi connectivity index (χ1v) is 6.84. The van der Waals surface area contributed by atoms with Crippen molar-refractivity contribution in [1.29, 1.82) is 5.26 Å². The molecule has 1 aliphatic rings. The number of hydrogen-bond donors (Lipinski definition) is 1. The topological polar surface area (TPSA) is 53.6 Å². The van der Waals surface area contributed by atoms with Gasteiger partial charge in [0.15, 0.2) is 0 Å². The predicted molar refractivity (Wildman–Crippen MR) is 74.2 cm³/mol. The second-order valence-electron chi connectivity index (χ2n) is 5.00. The molecule has 2 aromatic rings. The first-order valence-electron chi connectivity index (χ1n) is 6.46. The van der Waals surface area contributed by atoms with Gasteiger partial charge in [-0.05, 0) is 29.3 Å². The fourth-order valence-corrected chi connectivity index (χ4v) is 2.74. The Balaban J connectivity index is 2.03. The molecule has 22 heavy (non-hydrogen) atoms. The SMILES string of the molecule is N#Cc1cnn2c1NC(c1ccc(F)cc1)CC2C(F)(F)Cl. The van der Waals surface area contributed by atoms with Crippen molar-refractivity contribution in [1.82, 2.24) is 9.78 Å². The molecule has 0 radical (unpaired) electrons. The van der Waals surface area contributed by atoms with Gasteiger partial charge in [-0.1, -0.05) is 12.1 Å². The molecule has 1 aliphatic heterocycles. The highest BCUT2D eigenvalue weighted by Crippen LogP contribution is 2.45. The first kappa shape index (κ1) is 14.7. The quantitative estimate of drug-likeness (QED) is 0.853. The van der Waals surface area contributed by atoms with Crippen LogP contribution in [0.25, 0.3) is 0 Å².